The maximum Gasteiger partial charge on any atom is 0.193 e. The molecule has 1 aliphatic heterocycles. The zero-order valence-corrected chi connectivity index (χ0v) is 18.4. The Labute approximate surface area is 170 Å². The zero-order valence-electron chi connectivity index (χ0n) is 18.4. The van der Waals surface area contributed by atoms with E-state index >= 15 is 0 Å². The van der Waals surface area contributed by atoms with Crippen molar-refractivity contribution in [2.45, 2.75) is 39.5 Å². The molecule has 0 amide bonds. The van der Waals surface area contributed by atoms with Crippen molar-refractivity contribution in [3.05, 3.63) is 23.8 Å². The van der Waals surface area contributed by atoms with Gasteiger partial charge in [0, 0.05) is 37.6 Å². The van der Waals surface area contributed by atoms with Gasteiger partial charge in [0.25, 0.3) is 0 Å². The van der Waals surface area contributed by atoms with E-state index in [1.165, 1.54) is 5.56 Å². The van der Waals surface area contributed by atoms with Gasteiger partial charge < -0.3 is 24.4 Å². The van der Waals surface area contributed by atoms with E-state index in [1.54, 1.807) is 14.2 Å². The average molecular weight is 392 g/mol. The molecular formula is C22H37N3O3. The van der Waals surface area contributed by atoms with E-state index in [0.29, 0.717) is 12.5 Å². The number of ether oxygens (including phenoxy) is 3. The van der Waals surface area contributed by atoms with Gasteiger partial charge in [0.05, 0.1) is 27.4 Å². The van der Waals surface area contributed by atoms with E-state index in [4.69, 9.17) is 19.2 Å². The maximum absolute atomic E-state index is 5.61. The summed E-state index contributed by atoms with van der Waals surface area (Å²) in [5.74, 6) is 3.08. The van der Waals surface area contributed by atoms with E-state index < -0.39 is 0 Å². The third-order valence-corrected chi connectivity index (χ3v) is 5.27. The van der Waals surface area contributed by atoms with Crippen LogP contribution in [0.25, 0.3) is 0 Å². The lowest BCUT2D eigenvalue weighted by atomic mass is 9.84. The van der Waals surface area contributed by atoms with Gasteiger partial charge >= 0.3 is 0 Å². The number of nitrogens with one attached hydrogen (secondary N) is 1. The number of likely N-dealkylation sites (tertiary alicyclic amines) is 1. The smallest absolute Gasteiger partial charge is 0.193 e. The Hall–Kier alpha value is -1.95. The number of benzene rings is 1. The molecule has 1 heterocycles. The Bertz CT molecular complexity index is 646. The third-order valence-electron chi connectivity index (χ3n) is 5.27. The first kappa shape index (κ1) is 22.3. The summed E-state index contributed by atoms with van der Waals surface area (Å²) in [6, 6.07) is 6.11. The molecule has 6 nitrogen and oxygen atoms in total. The Kier molecular flexibility index (Phi) is 8.42. The molecule has 0 aromatic heterocycles. The normalized spacial score (nSPS) is 17.7. The number of hydrogen-bond acceptors (Lipinski definition) is 4. The lowest BCUT2D eigenvalue weighted by Gasteiger charge is -2.27. The van der Waals surface area contributed by atoms with E-state index in [-0.39, 0.29) is 5.41 Å². The van der Waals surface area contributed by atoms with Crippen molar-refractivity contribution in [2.75, 3.05) is 53.6 Å². The quantitative estimate of drug-likeness (QED) is 0.517. The largest absolute Gasteiger partial charge is 0.493 e. The lowest BCUT2D eigenvalue weighted by Crippen LogP contribution is -2.41. The number of methoxy groups -OCH3 is 2. The predicted molar refractivity (Wildman–Crippen MR) is 115 cm³/mol. The van der Waals surface area contributed by atoms with Crippen LogP contribution < -0.4 is 14.8 Å². The summed E-state index contributed by atoms with van der Waals surface area (Å²) in [6.07, 6.45) is 1.16. The van der Waals surface area contributed by atoms with E-state index in [1.807, 2.05) is 6.07 Å². The van der Waals surface area contributed by atoms with Crippen LogP contribution in [0.5, 0.6) is 11.5 Å². The molecule has 1 aromatic carbocycles. The number of hydrogen-bond donors (Lipinski definition) is 1. The van der Waals surface area contributed by atoms with Gasteiger partial charge in [-0.1, -0.05) is 19.9 Å². The van der Waals surface area contributed by atoms with Crippen LogP contribution in [0.4, 0.5) is 0 Å². The molecule has 0 radical (unpaired) electrons. The highest BCUT2D eigenvalue weighted by atomic mass is 16.5. The van der Waals surface area contributed by atoms with Crippen LogP contribution in [0.15, 0.2) is 23.2 Å². The van der Waals surface area contributed by atoms with Crippen LogP contribution >= 0.6 is 0 Å². The van der Waals surface area contributed by atoms with Crippen molar-refractivity contribution in [1.82, 2.24) is 10.2 Å². The van der Waals surface area contributed by atoms with Gasteiger partial charge in [-0.05, 0) is 38.0 Å². The van der Waals surface area contributed by atoms with Crippen LogP contribution in [-0.2, 0) is 10.2 Å². The molecule has 2 rings (SSSR count). The number of rotatable bonds is 9. The number of aliphatic imine (C=N–C) groups is 1. The monoisotopic (exact) mass is 391 g/mol. The first-order valence-corrected chi connectivity index (χ1v) is 10.3. The summed E-state index contributed by atoms with van der Waals surface area (Å²) in [5.41, 5.74) is 1.06. The Morgan fingerprint density at radius 3 is 2.61 bits per heavy atom. The average Bonchev–Trinajstić information content (AvgIpc) is 3.17. The minimum Gasteiger partial charge on any atom is -0.493 e. The minimum absolute atomic E-state index is 0.120. The van der Waals surface area contributed by atoms with Crippen molar-refractivity contribution in [1.29, 1.82) is 0 Å². The van der Waals surface area contributed by atoms with Crippen molar-refractivity contribution in [3.63, 3.8) is 0 Å². The molecule has 158 valence electrons. The van der Waals surface area contributed by atoms with Crippen molar-refractivity contribution in [2.24, 2.45) is 10.9 Å². The molecule has 0 spiro atoms. The topological polar surface area (TPSA) is 55.3 Å². The fourth-order valence-corrected chi connectivity index (χ4v) is 3.49. The standard InChI is InChI=1S/C22H37N3O3/c1-7-23-21(25-12-11-17(14-25)15-28-8-2)24-16-22(3,4)18-9-10-19(26-5)20(13-18)27-6/h9-10,13,17H,7-8,11-12,14-16H2,1-6H3,(H,23,24). The van der Waals surface area contributed by atoms with Gasteiger partial charge in [-0.3, -0.25) is 4.99 Å². The molecule has 1 aliphatic rings. The molecule has 0 aliphatic carbocycles. The Morgan fingerprint density at radius 2 is 1.96 bits per heavy atom. The van der Waals surface area contributed by atoms with E-state index in [2.05, 4.69) is 50.0 Å². The molecular weight excluding hydrogens is 354 g/mol. The molecule has 1 atom stereocenters. The molecule has 1 fully saturated rings. The zero-order chi connectivity index (χ0) is 20.6. The first-order chi connectivity index (χ1) is 13.4. The summed E-state index contributed by atoms with van der Waals surface area (Å²) in [4.78, 5) is 7.33. The summed E-state index contributed by atoms with van der Waals surface area (Å²) >= 11 is 0. The van der Waals surface area contributed by atoms with Crippen LogP contribution in [0, 0.1) is 5.92 Å². The Balaban J connectivity index is 2.10. The highest BCUT2D eigenvalue weighted by Gasteiger charge is 2.27. The van der Waals surface area contributed by atoms with Crippen molar-refractivity contribution in [3.8, 4) is 11.5 Å². The SMILES string of the molecule is CCNC(=NCC(C)(C)c1ccc(OC)c(OC)c1)N1CCC(COCC)C1. The predicted octanol–water partition coefficient (Wildman–Crippen LogP) is 3.31. The van der Waals surface area contributed by atoms with Gasteiger partial charge in [0.15, 0.2) is 17.5 Å². The molecule has 0 saturated carbocycles. The van der Waals surface area contributed by atoms with Crippen molar-refractivity contribution >= 4 is 5.96 Å². The summed E-state index contributed by atoms with van der Waals surface area (Å²) in [7, 11) is 3.33. The van der Waals surface area contributed by atoms with Crippen LogP contribution in [-0.4, -0.2) is 64.5 Å². The summed E-state index contributed by atoms with van der Waals surface area (Å²) in [6.45, 7) is 13.8. The summed E-state index contributed by atoms with van der Waals surface area (Å²) in [5, 5.41) is 3.46. The van der Waals surface area contributed by atoms with Gasteiger partial charge in [-0.25, -0.2) is 0 Å². The van der Waals surface area contributed by atoms with Gasteiger partial charge in [0.1, 0.15) is 0 Å². The molecule has 6 heteroatoms. The molecule has 28 heavy (non-hydrogen) atoms. The number of guanidine groups is 1. The second-order valence-electron chi connectivity index (χ2n) is 7.88. The first-order valence-electron chi connectivity index (χ1n) is 10.3. The van der Waals surface area contributed by atoms with Crippen LogP contribution in [0.3, 0.4) is 0 Å². The van der Waals surface area contributed by atoms with E-state index in [9.17, 15) is 0 Å². The highest BCUT2D eigenvalue weighted by Crippen LogP contribution is 2.33. The maximum atomic E-state index is 5.61. The van der Waals surface area contributed by atoms with Crippen LogP contribution in [0.1, 0.15) is 39.7 Å². The Morgan fingerprint density at radius 1 is 1.21 bits per heavy atom. The second kappa shape index (κ2) is 10.6. The third kappa shape index (κ3) is 5.77. The molecule has 1 unspecified atom stereocenters. The highest BCUT2D eigenvalue weighted by molar-refractivity contribution is 5.80. The second-order valence-corrected chi connectivity index (χ2v) is 7.88. The molecule has 0 bridgehead atoms. The van der Waals surface area contributed by atoms with Crippen LogP contribution in [0.2, 0.25) is 0 Å². The molecule has 1 saturated heterocycles. The summed E-state index contributed by atoms with van der Waals surface area (Å²) < 4.78 is 16.4. The fourth-order valence-electron chi connectivity index (χ4n) is 3.49. The van der Waals surface area contributed by atoms with Gasteiger partial charge in [-0.15, -0.1) is 0 Å². The van der Waals surface area contributed by atoms with Crippen molar-refractivity contribution < 1.29 is 14.2 Å². The van der Waals surface area contributed by atoms with E-state index in [0.717, 1.165) is 56.7 Å². The molecule has 1 aromatic rings. The lowest BCUT2D eigenvalue weighted by molar-refractivity contribution is 0.114. The minimum atomic E-state index is -0.120. The molecule has 1 N–H and O–H groups in total. The fraction of sp³-hybridized carbons (Fsp3) is 0.682. The van der Waals surface area contributed by atoms with Gasteiger partial charge in [0.2, 0.25) is 0 Å². The van der Waals surface area contributed by atoms with Gasteiger partial charge in [-0.2, -0.15) is 0 Å². The number of nitrogens with zero attached hydrogens (tertiary/aromatic N) is 2.